The molecule has 0 aliphatic carbocycles. The van der Waals surface area contributed by atoms with Gasteiger partial charge in [-0.05, 0) is 24.7 Å². The van der Waals surface area contributed by atoms with Crippen molar-refractivity contribution in [1.29, 1.82) is 0 Å². The van der Waals surface area contributed by atoms with E-state index in [0.717, 1.165) is 7.11 Å². The van der Waals surface area contributed by atoms with E-state index in [1.807, 2.05) is 13.8 Å². The van der Waals surface area contributed by atoms with E-state index in [1.165, 1.54) is 0 Å². The minimum absolute atomic E-state index is 0.0516. The Morgan fingerprint density at radius 2 is 1.85 bits per heavy atom. The molecule has 1 amide bonds. The lowest BCUT2D eigenvalue weighted by Crippen LogP contribution is -2.41. The van der Waals surface area contributed by atoms with E-state index in [9.17, 15) is 18.0 Å². The SMILES string of the molecule is COC(=O)NS(=O)(=O)NCCC(CCC(=O)O)C(C)C. The molecule has 8 nitrogen and oxygen atoms in total. The summed E-state index contributed by atoms with van der Waals surface area (Å²) >= 11 is 0. The largest absolute Gasteiger partial charge is 0.481 e. The number of carbonyl (C=O) groups excluding carboxylic acids is 1. The quantitative estimate of drug-likeness (QED) is 0.576. The van der Waals surface area contributed by atoms with Crippen molar-refractivity contribution < 1.29 is 27.9 Å². The maximum atomic E-state index is 11.4. The van der Waals surface area contributed by atoms with E-state index in [0.29, 0.717) is 12.8 Å². The van der Waals surface area contributed by atoms with Gasteiger partial charge in [0.05, 0.1) is 7.11 Å². The first kappa shape index (κ1) is 18.7. The minimum atomic E-state index is -3.94. The van der Waals surface area contributed by atoms with Gasteiger partial charge in [-0.1, -0.05) is 13.8 Å². The zero-order valence-electron chi connectivity index (χ0n) is 11.9. The van der Waals surface area contributed by atoms with E-state index < -0.39 is 22.3 Å². The smallest absolute Gasteiger partial charge is 0.421 e. The third-order valence-corrected chi connectivity index (χ3v) is 3.90. The molecule has 3 N–H and O–H groups in total. The van der Waals surface area contributed by atoms with Gasteiger partial charge in [0.15, 0.2) is 0 Å². The lowest BCUT2D eigenvalue weighted by Gasteiger charge is -2.20. The second kappa shape index (κ2) is 8.75. The molecule has 0 radical (unpaired) electrons. The summed E-state index contributed by atoms with van der Waals surface area (Å²) in [7, 11) is -2.88. The van der Waals surface area contributed by atoms with Gasteiger partial charge < -0.3 is 9.84 Å². The molecule has 1 atom stereocenters. The van der Waals surface area contributed by atoms with Crippen molar-refractivity contribution in [3.05, 3.63) is 0 Å². The molecule has 20 heavy (non-hydrogen) atoms. The van der Waals surface area contributed by atoms with Crippen LogP contribution in [0.4, 0.5) is 4.79 Å². The summed E-state index contributed by atoms with van der Waals surface area (Å²) in [6.45, 7) is 4.02. The summed E-state index contributed by atoms with van der Waals surface area (Å²) in [6, 6.07) is 0. The summed E-state index contributed by atoms with van der Waals surface area (Å²) in [5, 5.41) is 8.65. The maximum Gasteiger partial charge on any atom is 0.421 e. The van der Waals surface area contributed by atoms with Gasteiger partial charge in [-0.3, -0.25) is 4.79 Å². The van der Waals surface area contributed by atoms with Crippen molar-refractivity contribution in [1.82, 2.24) is 9.44 Å². The number of carbonyl (C=O) groups is 2. The van der Waals surface area contributed by atoms with Crippen LogP contribution in [0.3, 0.4) is 0 Å². The van der Waals surface area contributed by atoms with Crippen LogP contribution in [0.2, 0.25) is 0 Å². The Labute approximate surface area is 119 Å². The highest BCUT2D eigenvalue weighted by atomic mass is 32.2. The third-order valence-electron chi connectivity index (χ3n) is 2.88. The number of rotatable bonds is 9. The van der Waals surface area contributed by atoms with Crippen molar-refractivity contribution in [3.63, 3.8) is 0 Å². The highest BCUT2D eigenvalue weighted by Crippen LogP contribution is 2.20. The van der Waals surface area contributed by atoms with Crippen molar-refractivity contribution in [2.24, 2.45) is 11.8 Å². The molecule has 0 saturated carbocycles. The number of carboxylic acid groups (broad SMARTS) is 1. The molecule has 0 bridgehead atoms. The van der Waals surface area contributed by atoms with Crippen LogP contribution in [0, 0.1) is 11.8 Å². The van der Waals surface area contributed by atoms with Crippen molar-refractivity contribution in [3.8, 4) is 0 Å². The molecule has 0 aromatic rings. The van der Waals surface area contributed by atoms with E-state index in [-0.39, 0.29) is 24.8 Å². The number of hydrogen-bond donors (Lipinski definition) is 3. The lowest BCUT2D eigenvalue weighted by molar-refractivity contribution is -0.137. The molecule has 0 aromatic heterocycles. The van der Waals surface area contributed by atoms with Crippen LogP contribution in [-0.2, 0) is 19.7 Å². The fraction of sp³-hybridized carbons (Fsp3) is 0.818. The zero-order chi connectivity index (χ0) is 15.8. The van der Waals surface area contributed by atoms with Crippen LogP contribution in [0.25, 0.3) is 0 Å². The van der Waals surface area contributed by atoms with Crippen LogP contribution in [-0.4, -0.2) is 39.2 Å². The first-order valence-corrected chi connectivity index (χ1v) is 7.73. The molecule has 0 aliphatic heterocycles. The van der Waals surface area contributed by atoms with Gasteiger partial charge in [-0.15, -0.1) is 0 Å². The number of hydrogen-bond acceptors (Lipinski definition) is 5. The van der Waals surface area contributed by atoms with E-state index in [4.69, 9.17) is 5.11 Å². The summed E-state index contributed by atoms with van der Waals surface area (Å²) in [5.74, 6) is -0.539. The van der Waals surface area contributed by atoms with Crippen LogP contribution in [0.15, 0.2) is 0 Å². The van der Waals surface area contributed by atoms with Crippen molar-refractivity contribution >= 4 is 22.3 Å². The summed E-state index contributed by atoms with van der Waals surface area (Å²) in [5.41, 5.74) is 0. The van der Waals surface area contributed by atoms with Gasteiger partial charge in [-0.25, -0.2) is 9.52 Å². The molecule has 0 saturated heterocycles. The molecular weight excluding hydrogens is 288 g/mol. The molecular formula is C11H22N2O6S. The molecule has 118 valence electrons. The Morgan fingerprint density at radius 3 is 2.30 bits per heavy atom. The predicted molar refractivity (Wildman–Crippen MR) is 72.3 cm³/mol. The topological polar surface area (TPSA) is 122 Å². The Bertz CT molecular complexity index is 421. The van der Waals surface area contributed by atoms with Crippen LogP contribution in [0.5, 0.6) is 0 Å². The molecule has 0 heterocycles. The number of methoxy groups -OCH3 is 1. The van der Waals surface area contributed by atoms with Gasteiger partial charge in [0.2, 0.25) is 0 Å². The minimum Gasteiger partial charge on any atom is -0.481 e. The molecule has 0 rings (SSSR count). The van der Waals surface area contributed by atoms with E-state index in [1.54, 1.807) is 4.72 Å². The van der Waals surface area contributed by atoms with Gasteiger partial charge in [0.25, 0.3) is 0 Å². The molecule has 9 heteroatoms. The highest BCUT2D eigenvalue weighted by molar-refractivity contribution is 7.88. The van der Waals surface area contributed by atoms with Gasteiger partial charge >= 0.3 is 22.3 Å². The second-order valence-electron chi connectivity index (χ2n) is 4.72. The van der Waals surface area contributed by atoms with Crippen LogP contribution in [0.1, 0.15) is 33.1 Å². The summed E-state index contributed by atoms with van der Waals surface area (Å²) in [6.07, 6.45) is -0.0360. The zero-order valence-corrected chi connectivity index (χ0v) is 12.7. The maximum absolute atomic E-state index is 11.4. The first-order valence-electron chi connectivity index (χ1n) is 6.25. The number of ether oxygens (including phenoxy) is 1. The highest BCUT2D eigenvalue weighted by Gasteiger charge is 2.18. The standard InChI is InChI=1S/C11H22N2O6S/c1-8(2)9(4-5-10(14)15)6-7-12-20(17,18)13-11(16)19-3/h8-9,12H,4-7H2,1-3H3,(H,13,16)(H,14,15). The monoisotopic (exact) mass is 310 g/mol. The van der Waals surface area contributed by atoms with Crippen LogP contribution >= 0.6 is 0 Å². The Hall–Kier alpha value is -1.35. The fourth-order valence-corrected chi connectivity index (χ4v) is 2.45. The van der Waals surface area contributed by atoms with Crippen molar-refractivity contribution in [2.75, 3.05) is 13.7 Å². The van der Waals surface area contributed by atoms with E-state index >= 15 is 0 Å². The summed E-state index contributed by atoms with van der Waals surface area (Å²) in [4.78, 5) is 21.3. The Kier molecular flexibility index (Phi) is 8.16. The third kappa shape index (κ3) is 8.70. The molecule has 0 aromatic carbocycles. The Morgan fingerprint density at radius 1 is 1.25 bits per heavy atom. The van der Waals surface area contributed by atoms with Gasteiger partial charge in [-0.2, -0.15) is 13.1 Å². The fourth-order valence-electron chi connectivity index (χ4n) is 1.69. The van der Waals surface area contributed by atoms with E-state index in [2.05, 4.69) is 9.46 Å². The molecule has 0 spiro atoms. The normalized spacial score (nSPS) is 13.0. The number of nitrogens with one attached hydrogen (secondary N) is 2. The Balaban J connectivity index is 4.23. The van der Waals surface area contributed by atoms with Gasteiger partial charge in [0, 0.05) is 13.0 Å². The predicted octanol–water partition coefficient (Wildman–Crippen LogP) is 0.704. The first-order chi connectivity index (χ1) is 9.18. The van der Waals surface area contributed by atoms with Crippen molar-refractivity contribution in [2.45, 2.75) is 33.1 Å². The van der Waals surface area contributed by atoms with Gasteiger partial charge in [0.1, 0.15) is 0 Å². The molecule has 0 fully saturated rings. The number of amides is 1. The molecule has 0 aliphatic rings. The molecule has 1 unspecified atom stereocenters. The average molecular weight is 310 g/mol. The number of carboxylic acids is 1. The van der Waals surface area contributed by atoms with Crippen LogP contribution < -0.4 is 9.44 Å². The number of aliphatic carboxylic acids is 1. The average Bonchev–Trinajstić information content (AvgIpc) is 2.31. The second-order valence-corrected chi connectivity index (χ2v) is 6.22. The summed E-state index contributed by atoms with van der Waals surface area (Å²) < 4.78 is 30.9. The lowest BCUT2D eigenvalue weighted by atomic mass is 9.88.